The molecule has 0 aliphatic rings. The van der Waals surface area contributed by atoms with Gasteiger partial charge in [-0.2, -0.15) is 5.10 Å². The van der Waals surface area contributed by atoms with E-state index in [1.54, 1.807) is 0 Å². The highest BCUT2D eigenvalue weighted by atomic mass is 79.9. The van der Waals surface area contributed by atoms with E-state index >= 15 is 0 Å². The highest BCUT2D eigenvalue weighted by molar-refractivity contribution is 9.10. The Bertz CT molecular complexity index is 534. The zero-order valence-corrected chi connectivity index (χ0v) is 12.5. The number of aryl methyl sites for hydroxylation is 2. The molecule has 1 atom stereocenters. The van der Waals surface area contributed by atoms with Gasteiger partial charge >= 0.3 is 0 Å². The molecule has 4 heteroatoms. The Balaban J connectivity index is 2.00. The van der Waals surface area contributed by atoms with E-state index in [1.165, 1.54) is 11.1 Å². The van der Waals surface area contributed by atoms with Crippen LogP contribution in [0.2, 0.25) is 0 Å². The van der Waals surface area contributed by atoms with E-state index in [-0.39, 0.29) is 0 Å². The number of hydrogen-bond acceptors (Lipinski definition) is 2. The molecule has 96 valence electrons. The van der Waals surface area contributed by atoms with Crippen molar-refractivity contribution in [2.75, 3.05) is 0 Å². The van der Waals surface area contributed by atoms with Gasteiger partial charge in [0.1, 0.15) is 0 Å². The lowest BCUT2D eigenvalue weighted by Crippen LogP contribution is -2.18. The lowest BCUT2D eigenvalue weighted by Gasteiger charge is -2.14. The van der Waals surface area contributed by atoms with Crippen LogP contribution in [0, 0.1) is 6.92 Å². The van der Waals surface area contributed by atoms with Crippen molar-refractivity contribution < 1.29 is 0 Å². The standard InChI is InChI=1S/C14H18BrN3/c1-10(12-5-4-6-14(15)7-12)16-8-13-9-18(3)17-11(13)2/h4-7,9-10,16H,8H2,1-3H3/t10-/m1/s1. The average Bonchev–Trinajstić information content (AvgIpc) is 2.65. The summed E-state index contributed by atoms with van der Waals surface area (Å²) in [5, 5.41) is 7.87. The Kier molecular flexibility index (Phi) is 4.19. The van der Waals surface area contributed by atoms with Crippen LogP contribution < -0.4 is 5.32 Å². The molecule has 1 heterocycles. The van der Waals surface area contributed by atoms with Crippen LogP contribution in [0.4, 0.5) is 0 Å². The highest BCUT2D eigenvalue weighted by Gasteiger charge is 2.07. The molecule has 0 amide bonds. The summed E-state index contributed by atoms with van der Waals surface area (Å²) in [6.07, 6.45) is 2.07. The number of nitrogens with one attached hydrogen (secondary N) is 1. The normalized spacial score (nSPS) is 12.7. The first-order chi connectivity index (χ1) is 8.56. The van der Waals surface area contributed by atoms with Crippen LogP contribution in [-0.4, -0.2) is 9.78 Å². The molecule has 0 saturated carbocycles. The van der Waals surface area contributed by atoms with Gasteiger partial charge < -0.3 is 5.32 Å². The summed E-state index contributed by atoms with van der Waals surface area (Å²) < 4.78 is 2.97. The van der Waals surface area contributed by atoms with Crippen LogP contribution in [-0.2, 0) is 13.6 Å². The fourth-order valence-corrected chi connectivity index (χ4v) is 2.40. The van der Waals surface area contributed by atoms with Crippen molar-refractivity contribution >= 4 is 15.9 Å². The number of aromatic nitrogens is 2. The fraction of sp³-hybridized carbons (Fsp3) is 0.357. The second-order valence-corrected chi connectivity index (χ2v) is 5.49. The maximum atomic E-state index is 4.35. The van der Waals surface area contributed by atoms with E-state index in [0.29, 0.717) is 6.04 Å². The summed E-state index contributed by atoms with van der Waals surface area (Å²) >= 11 is 3.50. The molecule has 0 saturated heterocycles. The molecule has 3 nitrogen and oxygen atoms in total. The van der Waals surface area contributed by atoms with E-state index < -0.39 is 0 Å². The molecule has 0 aliphatic carbocycles. The van der Waals surface area contributed by atoms with Gasteiger partial charge in [0.2, 0.25) is 0 Å². The van der Waals surface area contributed by atoms with Crippen molar-refractivity contribution in [3.05, 3.63) is 51.8 Å². The maximum Gasteiger partial charge on any atom is 0.0638 e. The van der Waals surface area contributed by atoms with Gasteiger partial charge in [-0.25, -0.2) is 0 Å². The maximum absolute atomic E-state index is 4.35. The number of halogens is 1. The molecular formula is C14H18BrN3. The van der Waals surface area contributed by atoms with Crippen molar-refractivity contribution in [3.63, 3.8) is 0 Å². The van der Waals surface area contributed by atoms with Crippen molar-refractivity contribution in [3.8, 4) is 0 Å². The van der Waals surface area contributed by atoms with Crippen LogP contribution in [0.5, 0.6) is 0 Å². The Labute approximate surface area is 116 Å². The molecule has 0 aliphatic heterocycles. The molecule has 2 rings (SSSR count). The number of nitrogens with zero attached hydrogens (tertiary/aromatic N) is 2. The van der Waals surface area contributed by atoms with Gasteiger partial charge in [-0.15, -0.1) is 0 Å². The number of rotatable bonds is 4. The van der Waals surface area contributed by atoms with E-state index in [0.717, 1.165) is 16.7 Å². The first-order valence-corrected chi connectivity index (χ1v) is 6.83. The zero-order valence-electron chi connectivity index (χ0n) is 10.9. The van der Waals surface area contributed by atoms with E-state index in [1.807, 2.05) is 24.7 Å². The molecule has 0 radical (unpaired) electrons. The molecule has 18 heavy (non-hydrogen) atoms. The van der Waals surface area contributed by atoms with Crippen LogP contribution in [0.3, 0.4) is 0 Å². The minimum Gasteiger partial charge on any atom is -0.306 e. The molecule has 2 aromatic rings. The molecule has 0 unspecified atom stereocenters. The lowest BCUT2D eigenvalue weighted by molar-refractivity contribution is 0.573. The minimum atomic E-state index is 0.321. The average molecular weight is 308 g/mol. The molecular weight excluding hydrogens is 290 g/mol. The Morgan fingerprint density at radius 3 is 2.83 bits per heavy atom. The van der Waals surface area contributed by atoms with Crippen molar-refractivity contribution in [2.24, 2.45) is 7.05 Å². The summed E-state index contributed by atoms with van der Waals surface area (Å²) in [5.74, 6) is 0. The molecule has 1 N–H and O–H groups in total. The van der Waals surface area contributed by atoms with Gasteiger partial charge in [-0.1, -0.05) is 28.1 Å². The molecule has 0 bridgehead atoms. The van der Waals surface area contributed by atoms with E-state index in [4.69, 9.17) is 0 Å². The summed E-state index contributed by atoms with van der Waals surface area (Å²) in [5.41, 5.74) is 3.62. The third-order valence-corrected chi connectivity index (χ3v) is 3.56. The zero-order chi connectivity index (χ0) is 13.1. The summed E-state index contributed by atoms with van der Waals surface area (Å²) in [4.78, 5) is 0. The topological polar surface area (TPSA) is 29.9 Å². The van der Waals surface area contributed by atoms with Gasteiger partial charge in [0.25, 0.3) is 0 Å². The highest BCUT2D eigenvalue weighted by Crippen LogP contribution is 2.18. The summed E-state index contributed by atoms with van der Waals surface area (Å²) in [7, 11) is 1.95. The van der Waals surface area contributed by atoms with Crippen molar-refractivity contribution in [2.45, 2.75) is 26.4 Å². The van der Waals surface area contributed by atoms with Crippen molar-refractivity contribution in [1.82, 2.24) is 15.1 Å². The van der Waals surface area contributed by atoms with Crippen molar-refractivity contribution in [1.29, 1.82) is 0 Å². The summed E-state index contributed by atoms with van der Waals surface area (Å²) in [6.45, 7) is 5.06. The third kappa shape index (κ3) is 3.21. The molecule has 0 fully saturated rings. The van der Waals surface area contributed by atoms with Gasteiger partial charge in [-0.05, 0) is 31.5 Å². The van der Waals surface area contributed by atoms with E-state index in [9.17, 15) is 0 Å². The quantitative estimate of drug-likeness (QED) is 0.939. The largest absolute Gasteiger partial charge is 0.306 e. The summed E-state index contributed by atoms with van der Waals surface area (Å²) in [6, 6.07) is 8.71. The smallest absolute Gasteiger partial charge is 0.0638 e. The second-order valence-electron chi connectivity index (χ2n) is 4.57. The fourth-order valence-electron chi connectivity index (χ4n) is 1.98. The van der Waals surface area contributed by atoms with Crippen LogP contribution in [0.1, 0.15) is 29.8 Å². The first-order valence-electron chi connectivity index (χ1n) is 6.04. The minimum absolute atomic E-state index is 0.321. The Morgan fingerprint density at radius 1 is 1.44 bits per heavy atom. The second kappa shape index (κ2) is 5.67. The van der Waals surface area contributed by atoms with Gasteiger partial charge in [0.15, 0.2) is 0 Å². The first kappa shape index (κ1) is 13.3. The predicted octanol–water partition coefficient (Wildman–Crippen LogP) is 3.34. The van der Waals surface area contributed by atoms with Gasteiger partial charge in [0, 0.05) is 35.9 Å². The monoisotopic (exact) mass is 307 g/mol. The Hall–Kier alpha value is -1.13. The number of hydrogen-bond donors (Lipinski definition) is 1. The van der Waals surface area contributed by atoms with Gasteiger partial charge in [-0.3, -0.25) is 4.68 Å². The third-order valence-electron chi connectivity index (χ3n) is 3.06. The van der Waals surface area contributed by atoms with Crippen LogP contribution in [0.25, 0.3) is 0 Å². The number of benzene rings is 1. The lowest BCUT2D eigenvalue weighted by atomic mass is 10.1. The van der Waals surface area contributed by atoms with Crippen LogP contribution >= 0.6 is 15.9 Å². The van der Waals surface area contributed by atoms with E-state index in [2.05, 4.69) is 57.7 Å². The van der Waals surface area contributed by atoms with Crippen LogP contribution in [0.15, 0.2) is 34.9 Å². The molecule has 0 spiro atoms. The van der Waals surface area contributed by atoms with Gasteiger partial charge in [0.05, 0.1) is 5.69 Å². The SMILES string of the molecule is Cc1nn(C)cc1CN[C@H](C)c1cccc(Br)c1. The Morgan fingerprint density at radius 2 is 2.22 bits per heavy atom. The molecule has 1 aromatic heterocycles. The molecule has 1 aromatic carbocycles. The predicted molar refractivity (Wildman–Crippen MR) is 77.3 cm³/mol.